The molecule has 1 heterocycles. The van der Waals surface area contributed by atoms with Crippen molar-refractivity contribution in [2.45, 2.75) is 19.9 Å². The van der Waals surface area contributed by atoms with Crippen molar-refractivity contribution < 1.29 is 9.59 Å². The molecule has 0 radical (unpaired) electrons. The number of nitrogens with one attached hydrogen (secondary N) is 1. The average Bonchev–Trinajstić information content (AvgIpc) is 2.35. The van der Waals surface area contributed by atoms with Crippen molar-refractivity contribution in [2.75, 3.05) is 39.3 Å². The molecule has 0 aromatic carbocycles. The van der Waals surface area contributed by atoms with Gasteiger partial charge in [0.1, 0.15) is 0 Å². The van der Waals surface area contributed by atoms with E-state index in [1.807, 2.05) is 0 Å². The molecule has 0 aromatic heterocycles. The van der Waals surface area contributed by atoms with Crippen molar-refractivity contribution in [2.24, 2.45) is 5.73 Å². The number of hydrogen-bond acceptors (Lipinski definition) is 4. The SMILES string of the molecule is CC(C)N1CCN(C(=O)CNC(=O)CN)CC1.Cl.Cl. The highest BCUT2D eigenvalue weighted by Crippen LogP contribution is 2.05. The zero-order chi connectivity index (χ0) is 12.8. The fourth-order valence-electron chi connectivity index (χ4n) is 1.85. The second kappa shape index (κ2) is 10.3. The van der Waals surface area contributed by atoms with Gasteiger partial charge in [-0.15, -0.1) is 24.8 Å². The van der Waals surface area contributed by atoms with Crippen LogP contribution >= 0.6 is 24.8 Å². The van der Waals surface area contributed by atoms with Gasteiger partial charge in [-0.1, -0.05) is 0 Å². The lowest BCUT2D eigenvalue weighted by molar-refractivity contribution is -0.134. The lowest BCUT2D eigenvalue weighted by Gasteiger charge is -2.36. The van der Waals surface area contributed by atoms with Gasteiger partial charge in [-0.05, 0) is 13.8 Å². The summed E-state index contributed by atoms with van der Waals surface area (Å²) in [6, 6.07) is 0.518. The van der Waals surface area contributed by atoms with Gasteiger partial charge in [-0.2, -0.15) is 0 Å². The number of nitrogens with two attached hydrogens (primary N) is 1. The van der Waals surface area contributed by atoms with Gasteiger partial charge in [0, 0.05) is 32.2 Å². The van der Waals surface area contributed by atoms with Crippen LogP contribution in [0.2, 0.25) is 0 Å². The third kappa shape index (κ3) is 6.96. The topological polar surface area (TPSA) is 78.7 Å². The van der Waals surface area contributed by atoms with Crippen molar-refractivity contribution >= 4 is 36.6 Å². The van der Waals surface area contributed by atoms with Gasteiger partial charge < -0.3 is 16.0 Å². The molecular formula is C11H24Cl2N4O2. The fraction of sp³-hybridized carbons (Fsp3) is 0.818. The lowest BCUT2D eigenvalue weighted by atomic mass is 10.2. The minimum Gasteiger partial charge on any atom is -0.346 e. The van der Waals surface area contributed by atoms with Crippen LogP contribution in [-0.4, -0.2) is 66.9 Å². The summed E-state index contributed by atoms with van der Waals surface area (Å²) in [5.41, 5.74) is 5.14. The third-order valence-electron chi connectivity index (χ3n) is 3.02. The van der Waals surface area contributed by atoms with E-state index in [0.717, 1.165) is 26.2 Å². The predicted octanol–water partition coefficient (Wildman–Crippen LogP) is -0.542. The Morgan fingerprint density at radius 2 is 1.68 bits per heavy atom. The van der Waals surface area contributed by atoms with Crippen molar-refractivity contribution in [3.05, 3.63) is 0 Å². The van der Waals surface area contributed by atoms with Crippen LogP contribution in [0.15, 0.2) is 0 Å². The number of hydrogen-bond donors (Lipinski definition) is 2. The number of carbonyl (C=O) groups is 2. The molecule has 0 saturated carbocycles. The first-order valence-electron chi connectivity index (χ1n) is 6.03. The van der Waals surface area contributed by atoms with Crippen LogP contribution in [0.1, 0.15) is 13.8 Å². The van der Waals surface area contributed by atoms with Crippen LogP contribution < -0.4 is 11.1 Å². The molecule has 3 N–H and O–H groups in total. The second-order valence-corrected chi connectivity index (χ2v) is 4.49. The fourth-order valence-corrected chi connectivity index (χ4v) is 1.85. The molecule has 1 rings (SSSR count). The first-order valence-corrected chi connectivity index (χ1v) is 6.03. The van der Waals surface area contributed by atoms with Gasteiger partial charge in [0.25, 0.3) is 0 Å². The highest BCUT2D eigenvalue weighted by atomic mass is 35.5. The Morgan fingerprint density at radius 1 is 1.16 bits per heavy atom. The average molecular weight is 315 g/mol. The van der Waals surface area contributed by atoms with Crippen LogP contribution in [0.5, 0.6) is 0 Å². The van der Waals surface area contributed by atoms with Gasteiger partial charge in [0.05, 0.1) is 13.1 Å². The smallest absolute Gasteiger partial charge is 0.242 e. The Bertz CT molecular complexity index is 282. The third-order valence-corrected chi connectivity index (χ3v) is 3.02. The van der Waals surface area contributed by atoms with Gasteiger partial charge in [-0.3, -0.25) is 14.5 Å². The highest BCUT2D eigenvalue weighted by molar-refractivity contribution is 5.86. The van der Waals surface area contributed by atoms with E-state index in [0.29, 0.717) is 6.04 Å². The zero-order valence-electron chi connectivity index (χ0n) is 11.4. The Morgan fingerprint density at radius 3 is 2.11 bits per heavy atom. The number of amides is 2. The molecule has 0 aromatic rings. The number of carbonyl (C=O) groups excluding carboxylic acids is 2. The van der Waals surface area contributed by atoms with Gasteiger partial charge in [0.15, 0.2) is 0 Å². The van der Waals surface area contributed by atoms with E-state index in [-0.39, 0.29) is 49.7 Å². The van der Waals surface area contributed by atoms with Crippen molar-refractivity contribution in [3.63, 3.8) is 0 Å². The lowest BCUT2D eigenvalue weighted by Crippen LogP contribution is -2.52. The minimum atomic E-state index is -0.292. The van der Waals surface area contributed by atoms with Crippen LogP contribution in [0.3, 0.4) is 0 Å². The molecule has 0 aliphatic carbocycles. The first-order chi connectivity index (χ1) is 8.04. The van der Waals surface area contributed by atoms with Crippen LogP contribution in [0.25, 0.3) is 0 Å². The summed E-state index contributed by atoms with van der Waals surface area (Å²) >= 11 is 0. The largest absolute Gasteiger partial charge is 0.346 e. The zero-order valence-corrected chi connectivity index (χ0v) is 13.1. The standard InChI is InChI=1S/C11H22N4O2.2ClH/c1-9(2)14-3-5-15(6-4-14)11(17)8-13-10(16)7-12;;/h9H,3-8,12H2,1-2H3,(H,13,16);2*1H. The maximum Gasteiger partial charge on any atom is 0.242 e. The van der Waals surface area contributed by atoms with Crippen molar-refractivity contribution in [3.8, 4) is 0 Å². The van der Waals surface area contributed by atoms with Gasteiger partial charge >= 0.3 is 0 Å². The first kappa shape index (κ1) is 20.8. The molecule has 0 bridgehead atoms. The molecule has 19 heavy (non-hydrogen) atoms. The monoisotopic (exact) mass is 314 g/mol. The number of rotatable bonds is 4. The van der Waals surface area contributed by atoms with Gasteiger partial charge in [0.2, 0.25) is 11.8 Å². The molecule has 0 atom stereocenters. The quantitative estimate of drug-likeness (QED) is 0.730. The highest BCUT2D eigenvalue weighted by Gasteiger charge is 2.22. The number of piperazine rings is 1. The summed E-state index contributed by atoms with van der Waals surface area (Å²) in [7, 11) is 0. The minimum absolute atomic E-state index is 0. The van der Waals surface area contributed by atoms with E-state index in [1.54, 1.807) is 4.90 Å². The summed E-state index contributed by atoms with van der Waals surface area (Å²) < 4.78 is 0. The molecule has 8 heteroatoms. The van der Waals surface area contributed by atoms with Crippen LogP contribution in [0, 0.1) is 0 Å². The number of nitrogens with zero attached hydrogens (tertiary/aromatic N) is 2. The molecular weight excluding hydrogens is 291 g/mol. The molecule has 6 nitrogen and oxygen atoms in total. The molecule has 0 unspecified atom stereocenters. The number of halogens is 2. The molecule has 1 fully saturated rings. The van der Waals surface area contributed by atoms with Crippen LogP contribution in [0.4, 0.5) is 0 Å². The summed E-state index contributed by atoms with van der Waals surface area (Å²) in [6.45, 7) is 7.54. The Labute approximate surface area is 126 Å². The predicted molar refractivity (Wildman–Crippen MR) is 79.8 cm³/mol. The molecule has 1 saturated heterocycles. The van der Waals surface area contributed by atoms with E-state index >= 15 is 0 Å². The molecule has 114 valence electrons. The summed E-state index contributed by atoms with van der Waals surface area (Å²) in [4.78, 5) is 26.8. The molecule has 0 spiro atoms. The Balaban J connectivity index is 0. The Kier molecular flexibility index (Phi) is 11.2. The maximum absolute atomic E-state index is 11.7. The van der Waals surface area contributed by atoms with Crippen molar-refractivity contribution in [1.82, 2.24) is 15.1 Å². The van der Waals surface area contributed by atoms with Crippen molar-refractivity contribution in [1.29, 1.82) is 0 Å². The Hall–Kier alpha value is -0.560. The van der Waals surface area contributed by atoms with E-state index in [9.17, 15) is 9.59 Å². The maximum atomic E-state index is 11.7. The summed E-state index contributed by atoms with van der Waals surface area (Å²) in [6.07, 6.45) is 0. The van der Waals surface area contributed by atoms with E-state index in [2.05, 4.69) is 24.1 Å². The van der Waals surface area contributed by atoms with E-state index in [4.69, 9.17) is 5.73 Å². The van der Waals surface area contributed by atoms with E-state index < -0.39 is 0 Å². The van der Waals surface area contributed by atoms with E-state index in [1.165, 1.54) is 0 Å². The molecule has 1 aliphatic heterocycles. The molecule has 1 aliphatic rings. The van der Waals surface area contributed by atoms with Gasteiger partial charge in [-0.25, -0.2) is 0 Å². The summed E-state index contributed by atoms with van der Waals surface area (Å²) in [5, 5.41) is 2.49. The summed E-state index contributed by atoms with van der Waals surface area (Å²) in [5.74, 6) is -0.325. The normalized spacial score (nSPS) is 15.5. The molecule has 2 amide bonds. The van der Waals surface area contributed by atoms with Crippen LogP contribution in [-0.2, 0) is 9.59 Å². The second-order valence-electron chi connectivity index (χ2n) is 4.49.